The normalized spacial score (nSPS) is 23.6. The lowest BCUT2D eigenvalue weighted by molar-refractivity contribution is -0.121. The number of amides is 1. The lowest BCUT2D eigenvalue weighted by atomic mass is 10.1. The predicted octanol–water partition coefficient (Wildman–Crippen LogP) is -0.887. The Bertz CT molecular complexity index is 181. The molecule has 1 fully saturated rings. The highest BCUT2D eigenvalue weighted by Gasteiger charge is 2.17. The Morgan fingerprint density at radius 2 is 2.57 bits per heavy atom. The van der Waals surface area contributed by atoms with Crippen LogP contribution in [0.5, 0.6) is 0 Å². The molecule has 1 amide bonds. The largest absolute Gasteiger partial charge is 0.381 e. The molecule has 0 aromatic rings. The predicted molar refractivity (Wildman–Crippen MR) is 51.8 cm³/mol. The maximum absolute atomic E-state index is 10.8. The average molecular weight is 202 g/mol. The fraction of sp³-hybridized carbons (Fsp3) is 0.889. The van der Waals surface area contributed by atoms with Crippen LogP contribution in [0.25, 0.3) is 0 Å². The van der Waals surface area contributed by atoms with Crippen molar-refractivity contribution in [2.24, 2.45) is 11.7 Å². The number of hydrogen-bond donors (Lipinski definition) is 2. The number of primary amides is 1. The first-order valence-electron chi connectivity index (χ1n) is 4.86. The van der Waals surface area contributed by atoms with Crippen LogP contribution < -0.4 is 11.1 Å². The van der Waals surface area contributed by atoms with Gasteiger partial charge in [0.1, 0.15) is 6.04 Å². The lowest BCUT2D eigenvalue weighted by Crippen LogP contribution is -2.43. The van der Waals surface area contributed by atoms with Crippen molar-refractivity contribution >= 4 is 5.91 Å². The Labute approximate surface area is 83.9 Å². The van der Waals surface area contributed by atoms with Gasteiger partial charge >= 0.3 is 0 Å². The van der Waals surface area contributed by atoms with Gasteiger partial charge in [0.05, 0.1) is 19.8 Å². The number of carbonyl (C=O) groups is 1. The number of nitrogens with two attached hydrogens (primary N) is 1. The van der Waals surface area contributed by atoms with Gasteiger partial charge in [0.25, 0.3) is 0 Å². The standard InChI is InChI=1S/C9H18N2O3/c1-11-8(9(10)12)6-14-5-7-2-3-13-4-7/h7-8,11H,2-6H2,1H3,(H2,10,12). The van der Waals surface area contributed by atoms with Gasteiger partial charge < -0.3 is 20.5 Å². The van der Waals surface area contributed by atoms with Gasteiger partial charge in [-0.1, -0.05) is 0 Å². The van der Waals surface area contributed by atoms with Gasteiger partial charge in [-0.05, 0) is 13.5 Å². The Balaban J connectivity index is 2.09. The molecule has 82 valence electrons. The number of ether oxygens (including phenoxy) is 2. The number of rotatable bonds is 6. The van der Waals surface area contributed by atoms with E-state index < -0.39 is 6.04 Å². The molecular weight excluding hydrogens is 184 g/mol. The van der Waals surface area contributed by atoms with Crippen LogP contribution in [0.4, 0.5) is 0 Å². The van der Waals surface area contributed by atoms with Crippen LogP contribution in [-0.2, 0) is 14.3 Å². The van der Waals surface area contributed by atoms with E-state index in [0.29, 0.717) is 19.1 Å². The van der Waals surface area contributed by atoms with E-state index in [1.165, 1.54) is 0 Å². The summed E-state index contributed by atoms with van der Waals surface area (Å²) in [6.07, 6.45) is 1.04. The van der Waals surface area contributed by atoms with Crippen LogP contribution in [-0.4, -0.2) is 45.4 Å². The SMILES string of the molecule is CNC(COCC1CCOC1)C(N)=O. The van der Waals surface area contributed by atoms with Crippen molar-refractivity contribution in [2.45, 2.75) is 12.5 Å². The summed E-state index contributed by atoms with van der Waals surface area (Å²) in [6.45, 7) is 2.56. The molecule has 5 nitrogen and oxygen atoms in total. The molecule has 2 atom stereocenters. The summed E-state index contributed by atoms with van der Waals surface area (Å²) in [5.41, 5.74) is 5.14. The first-order valence-corrected chi connectivity index (χ1v) is 4.86. The Hall–Kier alpha value is -0.650. The van der Waals surface area contributed by atoms with E-state index in [0.717, 1.165) is 19.6 Å². The van der Waals surface area contributed by atoms with Crippen molar-refractivity contribution in [3.8, 4) is 0 Å². The summed E-state index contributed by atoms with van der Waals surface area (Å²) in [6, 6.07) is -0.391. The zero-order valence-corrected chi connectivity index (χ0v) is 8.49. The summed E-state index contributed by atoms with van der Waals surface area (Å²) in [4.78, 5) is 10.8. The summed E-state index contributed by atoms with van der Waals surface area (Å²) >= 11 is 0. The summed E-state index contributed by atoms with van der Waals surface area (Å²) in [5.74, 6) is 0.0931. The molecule has 0 radical (unpaired) electrons. The molecule has 5 heteroatoms. The first-order chi connectivity index (χ1) is 6.74. The molecule has 1 heterocycles. The van der Waals surface area contributed by atoms with E-state index in [4.69, 9.17) is 15.2 Å². The molecule has 0 saturated carbocycles. The lowest BCUT2D eigenvalue weighted by Gasteiger charge is -2.14. The van der Waals surface area contributed by atoms with Crippen molar-refractivity contribution in [1.29, 1.82) is 0 Å². The molecule has 1 saturated heterocycles. The number of hydrogen-bond acceptors (Lipinski definition) is 4. The fourth-order valence-corrected chi connectivity index (χ4v) is 1.38. The Kier molecular flexibility index (Phi) is 4.86. The zero-order valence-electron chi connectivity index (χ0n) is 8.49. The molecule has 14 heavy (non-hydrogen) atoms. The van der Waals surface area contributed by atoms with E-state index >= 15 is 0 Å². The topological polar surface area (TPSA) is 73.6 Å². The Morgan fingerprint density at radius 3 is 3.07 bits per heavy atom. The molecule has 1 rings (SSSR count). The second-order valence-corrected chi connectivity index (χ2v) is 3.51. The first kappa shape index (κ1) is 11.4. The van der Waals surface area contributed by atoms with Crippen molar-refractivity contribution in [1.82, 2.24) is 5.32 Å². The minimum Gasteiger partial charge on any atom is -0.381 e. The number of nitrogens with one attached hydrogen (secondary N) is 1. The molecule has 2 unspecified atom stereocenters. The minimum atomic E-state index is -0.391. The molecule has 0 spiro atoms. The smallest absolute Gasteiger partial charge is 0.236 e. The van der Waals surface area contributed by atoms with Gasteiger partial charge in [0.15, 0.2) is 0 Å². The van der Waals surface area contributed by atoms with Crippen molar-refractivity contribution < 1.29 is 14.3 Å². The van der Waals surface area contributed by atoms with Gasteiger partial charge in [0.2, 0.25) is 5.91 Å². The molecule has 3 N–H and O–H groups in total. The number of carbonyl (C=O) groups excluding carboxylic acids is 1. The van der Waals surface area contributed by atoms with E-state index in [1.807, 2.05) is 0 Å². The molecule has 1 aliphatic heterocycles. The van der Waals surface area contributed by atoms with E-state index in [-0.39, 0.29) is 5.91 Å². The third kappa shape index (κ3) is 3.61. The van der Waals surface area contributed by atoms with E-state index in [2.05, 4.69) is 5.32 Å². The summed E-state index contributed by atoms with van der Waals surface area (Å²) in [7, 11) is 1.69. The van der Waals surface area contributed by atoms with Crippen LogP contribution in [0.15, 0.2) is 0 Å². The molecule has 0 aliphatic carbocycles. The van der Waals surface area contributed by atoms with Crippen LogP contribution in [0, 0.1) is 5.92 Å². The van der Waals surface area contributed by atoms with Crippen molar-refractivity contribution in [3.05, 3.63) is 0 Å². The minimum absolute atomic E-state index is 0.336. The molecule has 1 aliphatic rings. The highest BCUT2D eigenvalue weighted by Crippen LogP contribution is 2.12. The van der Waals surface area contributed by atoms with Crippen molar-refractivity contribution in [3.63, 3.8) is 0 Å². The van der Waals surface area contributed by atoms with Gasteiger partial charge in [-0.3, -0.25) is 4.79 Å². The summed E-state index contributed by atoms with van der Waals surface area (Å²) in [5, 5.41) is 2.80. The maximum Gasteiger partial charge on any atom is 0.236 e. The molecule has 0 aromatic heterocycles. The van der Waals surface area contributed by atoms with Crippen molar-refractivity contribution in [2.75, 3.05) is 33.5 Å². The maximum atomic E-state index is 10.8. The van der Waals surface area contributed by atoms with Crippen LogP contribution in [0.1, 0.15) is 6.42 Å². The average Bonchev–Trinajstić information content (AvgIpc) is 2.64. The molecule has 0 bridgehead atoms. The monoisotopic (exact) mass is 202 g/mol. The van der Waals surface area contributed by atoms with E-state index in [9.17, 15) is 4.79 Å². The van der Waals surface area contributed by atoms with Gasteiger partial charge in [-0.25, -0.2) is 0 Å². The quantitative estimate of drug-likeness (QED) is 0.586. The van der Waals surface area contributed by atoms with E-state index in [1.54, 1.807) is 7.05 Å². The van der Waals surface area contributed by atoms with Gasteiger partial charge in [-0.15, -0.1) is 0 Å². The Morgan fingerprint density at radius 1 is 1.79 bits per heavy atom. The van der Waals surface area contributed by atoms with Gasteiger partial charge in [-0.2, -0.15) is 0 Å². The second kappa shape index (κ2) is 5.95. The second-order valence-electron chi connectivity index (χ2n) is 3.51. The third-order valence-electron chi connectivity index (χ3n) is 2.35. The molecular formula is C9H18N2O3. The van der Waals surface area contributed by atoms with Gasteiger partial charge in [0, 0.05) is 12.5 Å². The highest BCUT2D eigenvalue weighted by atomic mass is 16.5. The van der Waals surface area contributed by atoms with Crippen LogP contribution >= 0.6 is 0 Å². The van der Waals surface area contributed by atoms with Crippen LogP contribution in [0.3, 0.4) is 0 Å². The molecule has 0 aromatic carbocycles. The highest BCUT2D eigenvalue weighted by molar-refractivity contribution is 5.79. The zero-order chi connectivity index (χ0) is 10.4. The third-order valence-corrected chi connectivity index (χ3v) is 2.35. The fourth-order valence-electron chi connectivity index (χ4n) is 1.38. The van der Waals surface area contributed by atoms with Crippen LogP contribution in [0.2, 0.25) is 0 Å². The number of likely N-dealkylation sites (N-methyl/N-ethyl adjacent to an activating group) is 1. The summed E-state index contributed by atoms with van der Waals surface area (Å²) < 4.78 is 10.6.